The Morgan fingerprint density at radius 3 is 2.89 bits per heavy atom. The zero-order chi connectivity index (χ0) is 14.0. The van der Waals surface area contributed by atoms with Crippen LogP contribution in [0.5, 0.6) is 0 Å². The lowest BCUT2D eigenvalue weighted by Gasteiger charge is -2.15. The molecule has 2 aromatic rings. The van der Waals surface area contributed by atoms with Crippen molar-refractivity contribution in [2.75, 3.05) is 0 Å². The second-order valence-electron chi connectivity index (χ2n) is 4.12. The van der Waals surface area contributed by atoms with Crippen LogP contribution in [0.4, 0.5) is 0 Å². The van der Waals surface area contributed by atoms with Gasteiger partial charge >= 0.3 is 5.97 Å². The first-order valence-corrected chi connectivity index (χ1v) is 5.66. The number of hydrogen-bond acceptors (Lipinski definition) is 5. The smallest absolute Gasteiger partial charge is 0.326 e. The van der Waals surface area contributed by atoms with E-state index in [0.717, 1.165) is 0 Å². The molecule has 0 aliphatic carbocycles. The molecular weight excluding hydrogens is 250 g/mol. The van der Waals surface area contributed by atoms with E-state index in [0.29, 0.717) is 17.0 Å². The van der Waals surface area contributed by atoms with Crippen LogP contribution in [0.1, 0.15) is 24.7 Å². The fourth-order valence-electron chi connectivity index (χ4n) is 1.98. The highest BCUT2D eigenvalue weighted by Crippen LogP contribution is 2.22. The molecule has 0 saturated carbocycles. The first-order chi connectivity index (χ1) is 9.00. The highest BCUT2D eigenvalue weighted by Gasteiger charge is 2.24. The molecule has 2 heterocycles. The van der Waals surface area contributed by atoms with Gasteiger partial charge < -0.3 is 10.8 Å². The summed E-state index contributed by atoms with van der Waals surface area (Å²) in [6, 6.07) is -0.924. The molecule has 0 aliphatic heterocycles. The third kappa shape index (κ3) is 2.51. The quantitative estimate of drug-likeness (QED) is 0.783. The topological polar surface area (TPSA) is 124 Å². The van der Waals surface area contributed by atoms with Crippen molar-refractivity contribution in [2.45, 2.75) is 25.8 Å². The van der Waals surface area contributed by atoms with Gasteiger partial charge in [-0.3, -0.25) is 9.36 Å². The SMILES string of the molecule is Cc1nc2cncnc2n1C(CCC(N)=O)C(=O)O. The molecule has 0 aromatic carbocycles. The number of imidazole rings is 1. The number of carboxylic acid groups (broad SMARTS) is 1. The van der Waals surface area contributed by atoms with Crippen molar-refractivity contribution >= 4 is 23.0 Å². The van der Waals surface area contributed by atoms with E-state index in [2.05, 4.69) is 15.0 Å². The Balaban J connectivity index is 2.46. The molecule has 19 heavy (non-hydrogen) atoms. The molecule has 0 spiro atoms. The summed E-state index contributed by atoms with van der Waals surface area (Å²) in [5, 5.41) is 9.30. The summed E-state index contributed by atoms with van der Waals surface area (Å²) in [7, 11) is 0. The number of amides is 1. The Morgan fingerprint density at radius 1 is 1.53 bits per heavy atom. The average Bonchev–Trinajstić information content (AvgIpc) is 2.66. The molecule has 100 valence electrons. The molecule has 2 aromatic heterocycles. The number of carbonyl (C=O) groups excluding carboxylic acids is 1. The van der Waals surface area contributed by atoms with E-state index in [-0.39, 0.29) is 12.8 Å². The molecule has 0 saturated heterocycles. The van der Waals surface area contributed by atoms with Gasteiger partial charge in [0.1, 0.15) is 23.7 Å². The van der Waals surface area contributed by atoms with E-state index in [1.807, 2.05) is 0 Å². The van der Waals surface area contributed by atoms with Gasteiger partial charge in [-0.1, -0.05) is 0 Å². The highest BCUT2D eigenvalue weighted by molar-refractivity contribution is 5.79. The van der Waals surface area contributed by atoms with Crippen LogP contribution in [0.3, 0.4) is 0 Å². The van der Waals surface area contributed by atoms with E-state index in [9.17, 15) is 14.7 Å². The van der Waals surface area contributed by atoms with Gasteiger partial charge in [-0.15, -0.1) is 0 Å². The van der Waals surface area contributed by atoms with E-state index in [1.165, 1.54) is 17.1 Å². The van der Waals surface area contributed by atoms with Crippen LogP contribution in [0, 0.1) is 6.92 Å². The number of aliphatic carboxylic acids is 1. The van der Waals surface area contributed by atoms with E-state index in [4.69, 9.17) is 5.73 Å². The fraction of sp³-hybridized carbons (Fsp3) is 0.364. The second kappa shape index (κ2) is 5.01. The van der Waals surface area contributed by atoms with Gasteiger partial charge in [0.05, 0.1) is 6.20 Å². The van der Waals surface area contributed by atoms with Crippen LogP contribution in [-0.4, -0.2) is 36.5 Å². The molecule has 1 atom stereocenters. The standard InChI is InChI=1S/C11H13N5O3/c1-6-15-7-4-13-5-14-10(7)16(6)8(11(18)19)2-3-9(12)17/h4-5,8H,2-3H2,1H3,(H2,12,17)(H,18,19). The zero-order valence-corrected chi connectivity index (χ0v) is 10.3. The summed E-state index contributed by atoms with van der Waals surface area (Å²) < 4.78 is 1.49. The molecule has 0 aliphatic rings. The van der Waals surface area contributed by atoms with E-state index < -0.39 is 17.9 Å². The molecule has 0 fully saturated rings. The number of rotatable bonds is 5. The van der Waals surface area contributed by atoms with Gasteiger partial charge in [-0.05, 0) is 13.3 Å². The molecular formula is C11H13N5O3. The first-order valence-electron chi connectivity index (χ1n) is 5.66. The third-order valence-electron chi connectivity index (χ3n) is 2.79. The van der Waals surface area contributed by atoms with Crippen molar-refractivity contribution in [3.05, 3.63) is 18.3 Å². The number of aryl methyl sites for hydroxylation is 1. The lowest BCUT2D eigenvalue weighted by Crippen LogP contribution is -2.23. The minimum atomic E-state index is -1.05. The largest absolute Gasteiger partial charge is 0.480 e. The number of primary amides is 1. The number of hydrogen-bond donors (Lipinski definition) is 2. The Kier molecular flexibility index (Phi) is 3.41. The molecule has 2 rings (SSSR count). The van der Waals surface area contributed by atoms with Crippen molar-refractivity contribution in [1.29, 1.82) is 0 Å². The maximum Gasteiger partial charge on any atom is 0.326 e. The van der Waals surface area contributed by atoms with Crippen LogP contribution in [0.2, 0.25) is 0 Å². The molecule has 3 N–H and O–H groups in total. The number of fused-ring (bicyclic) bond motifs is 1. The monoisotopic (exact) mass is 263 g/mol. The molecule has 0 bridgehead atoms. The Labute approximate surface area is 108 Å². The van der Waals surface area contributed by atoms with Gasteiger partial charge in [0, 0.05) is 6.42 Å². The van der Waals surface area contributed by atoms with Crippen LogP contribution in [-0.2, 0) is 9.59 Å². The Hall–Kier alpha value is -2.51. The summed E-state index contributed by atoms with van der Waals surface area (Å²) >= 11 is 0. The van der Waals surface area contributed by atoms with Crippen molar-refractivity contribution in [2.24, 2.45) is 5.73 Å². The summed E-state index contributed by atoms with van der Waals surface area (Å²) in [6.45, 7) is 1.68. The van der Waals surface area contributed by atoms with Gasteiger partial charge in [0.15, 0.2) is 5.65 Å². The van der Waals surface area contributed by atoms with Crippen LogP contribution in [0.15, 0.2) is 12.5 Å². The predicted octanol–water partition coefficient (Wildman–Crippen LogP) is 0.0259. The Morgan fingerprint density at radius 2 is 2.26 bits per heavy atom. The van der Waals surface area contributed by atoms with E-state index >= 15 is 0 Å². The molecule has 1 unspecified atom stereocenters. The van der Waals surface area contributed by atoms with Crippen molar-refractivity contribution in [3.63, 3.8) is 0 Å². The van der Waals surface area contributed by atoms with Crippen LogP contribution in [0.25, 0.3) is 11.2 Å². The van der Waals surface area contributed by atoms with E-state index in [1.54, 1.807) is 6.92 Å². The molecule has 8 nitrogen and oxygen atoms in total. The average molecular weight is 263 g/mol. The summed E-state index contributed by atoms with van der Waals surface area (Å²) in [6.07, 6.45) is 2.92. The lowest BCUT2D eigenvalue weighted by atomic mass is 10.1. The highest BCUT2D eigenvalue weighted by atomic mass is 16.4. The van der Waals surface area contributed by atoms with Gasteiger partial charge in [0.2, 0.25) is 5.91 Å². The Bertz CT molecular complexity index is 636. The minimum Gasteiger partial charge on any atom is -0.480 e. The van der Waals surface area contributed by atoms with Crippen LogP contribution < -0.4 is 5.73 Å². The maximum atomic E-state index is 11.4. The summed E-state index contributed by atoms with van der Waals surface area (Å²) in [4.78, 5) is 34.3. The third-order valence-corrected chi connectivity index (χ3v) is 2.79. The minimum absolute atomic E-state index is 0.0127. The molecule has 1 amide bonds. The maximum absolute atomic E-state index is 11.4. The van der Waals surface area contributed by atoms with Crippen molar-refractivity contribution in [1.82, 2.24) is 19.5 Å². The number of carbonyl (C=O) groups is 2. The second-order valence-corrected chi connectivity index (χ2v) is 4.12. The number of nitrogens with two attached hydrogens (primary N) is 1. The van der Waals surface area contributed by atoms with Crippen molar-refractivity contribution in [3.8, 4) is 0 Å². The van der Waals surface area contributed by atoms with Gasteiger partial charge in [-0.2, -0.15) is 0 Å². The normalized spacial score (nSPS) is 12.5. The molecule has 0 radical (unpaired) electrons. The van der Waals surface area contributed by atoms with Gasteiger partial charge in [-0.25, -0.2) is 19.7 Å². The number of nitrogens with zero attached hydrogens (tertiary/aromatic N) is 4. The fourth-order valence-corrected chi connectivity index (χ4v) is 1.98. The number of carboxylic acids is 1. The van der Waals surface area contributed by atoms with Crippen LogP contribution >= 0.6 is 0 Å². The predicted molar refractivity (Wildman–Crippen MR) is 65.2 cm³/mol. The molecule has 8 heteroatoms. The summed E-state index contributed by atoms with van der Waals surface area (Å²) in [5.41, 5.74) is 6.02. The first kappa shape index (κ1) is 12.9. The zero-order valence-electron chi connectivity index (χ0n) is 10.3. The number of aromatic nitrogens is 4. The van der Waals surface area contributed by atoms with Crippen molar-refractivity contribution < 1.29 is 14.7 Å². The lowest BCUT2D eigenvalue weighted by molar-refractivity contribution is -0.141. The van der Waals surface area contributed by atoms with Gasteiger partial charge in [0.25, 0.3) is 0 Å². The summed E-state index contributed by atoms with van der Waals surface area (Å²) in [5.74, 6) is -1.09.